The van der Waals surface area contributed by atoms with Crippen molar-refractivity contribution >= 4 is 5.91 Å². The average molecular weight is 228 g/mol. The normalized spacial score (nSPS) is 28.8. The predicted octanol–water partition coefficient (Wildman–Crippen LogP) is 0.639. The molecule has 4 heteroatoms. The van der Waals surface area contributed by atoms with Crippen LogP contribution in [-0.2, 0) is 4.79 Å². The monoisotopic (exact) mass is 228 g/mol. The van der Waals surface area contributed by atoms with Crippen LogP contribution >= 0.6 is 0 Å². The van der Waals surface area contributed by atoms with Gasteiger partial charge >= 0.3 is 0 Å². The van der Waals surface area contributed by atoms with Crippen molar-refractivity contribution in [2.75, 3.05) is 13.1 Å². The van der Waals surface area contributed by atoms with Crippen molar-refractivity contribution in [1.82, 2.24) is 5.32 Å². The fraction of sp³-hybridized carbons (Fsp3) is 0.917. The van der Waals surface area contributed by atoms with Gasteiger partial charge in [0.15, 0.2) is 0 Å². The molecule has 0 aliphatic heterocycles. The molecule has 0 radical (unpaired) electrons. The standard InChI is InChI=1S/C12H24N2O2/c1-3-12(2,8-13)11(16)14-7-9-5-4-6-10(9)15/h9-10,15H,3-8,13H2,1-2H3,(H,14,16). The number of rotatable bonds is 5. The second-order valence-electron chi connectivity index (χ2n) is 5.09. The largest absolute Gasteiger partial charge is 0.393 e. The first-order valence-corrected chi connectivity index (χ1v) is 6.20. The van der Waals surface area contributed by atoms with Gasteiger partial charge in [0.2, 0.25) is 5.91 Å². The van der Waals surface area contributed by atoms with Crippen LogP contribution in [0.2, 0.25) is 0 Å². The van der Waals surface area contributed by atoms with E-state index in [1.54, 1.807) is 0 Å². The Balaban J connectivity index is 2.40. The summed E-state index contributed by atoms with van der Waals surface area (Å²) in [5, 5.41) is 12.6. The van der Waals surface area contributed by atoms with E-state index in [0.29, 0.717) is 13.1 Å². The molecular formula is C12H24N2O2. The zero-order chi connectivity index (χ0) is 12.2. The lowest BCUT2D eigenvalue weighted by atomic mass is 9.86. The summed E-state index contributed by atoms with van der Waals surface area (Å²) in [5.74, 6) is 0.236. The summed E-state index contributed by atoms with van der Waals surface area (Å²) in [6.45, 7) is 4.79. The zero-order valence-electron chi connectivity index (χ0n) is 10.3. The van der Waals surface area contributed by atoms with E-state index in [1.807, 2.05) is 13.8 Å². The SMILES string of the molecule is CCC(C)(CN)C(=O)NCC1CCCC1O. The molecule has 94 valence electrons. The Labute approximate surface area is 97.6 Å². The van der Waals surface area contributed by atoms with Crippen LogP contribution in [0, 0.1) is 11.3 Å². The Bertz CT molecular complexity index is 239. The van der Waals surface area contributed by atoms with Crippen LogP contribution < -0.4 is 11.1 Å². The van der Waals surface area contributed by atoms with Crippen LogP contribution in [-0.4, -0.2) is 30.2 Å². The molecule has 0 aromatic rings. The van der Waals surface area contributed by atoms with E-state index in [1.165, 1.54) is 0 Å². The molecule has 1 fully saturated rings. The molecule has 0 aromatic heterocycles. The summed E-state index contributed by atoms with van der Waals surface area (Å²) in [7, 11) is 0. The minimum Gasteiger partial charge on any atom is -0.393 e. The van der Waals surface area contributed by atoms with Crippen LogP contribution in [0.15, 0.2) is 0 Å². The van der Waals surface area contributed by atoms with Gasteiger partial charge in [-0.1, -0.05) is 13.3 Å². The molecule has 0 aromatic carbocycles. The second kappa shape index (κ2) is 5.64. The van der Waals surface area contributed by atoms with E-state index in [9.17, 15) is 9.90 Å². The minimum absolute atomic E-state index is 0.0107. The fourth-order valence-corrected chi connectivity index (χ4v) is 2.09. The second-order valence-corrected chi connectivity index (χ2v) is 5.09. The highest BCUT2D eigenvalue weighted by Crippen LogP contribution is 2.25. The molecule has 16 heavy (non-hydrogen) atoms. The lowest BCUT2D eigenvalue weighted by molar-refractivity contribution is -0.130. The van der Waals surface area contributed by atoms with Crippen LogP contribution in [0.25, 0.3) is 0 Å². The van der Waals surface area contributed by atoms with Gasteiger partial charge < -0.3 is 16.2 Å². The maximum Gasteiger partial charge on any atom is 0.227 e. The molecule has 0 bridgehead atoms. The molecule has 3 unspecified atom stereocenters. The van der Waals surface area contributed by atoms with Crippen molar-refractivity contribution in [1.29, 1.82) is 0 Å². The van der Waals surface area contributed by atoms with Gasteiger partial charge in [-0.15, -0.1) is 0 Å². The van der Waals surface area contributed by atoms with E-state index >= 15 is 0 Å². The predicted molar refractivity (Wildman–Crippen MR) is 63.8 cm³/mol. The molecule has 4 N–H and O–H groups in total. The van der Waals surface area contributed by atoms with Crippen LogP contribution in [0.4, 0.5) is 0 Å². The maximum atomic E-state index is 11.9. The van der Waals surface area contributed by atoms with Crippen molar-refractivity contribution < 1.29 is 9.90 Å². The first-order valence-electron chi connectivity index (χ1n) is 6.20. The van der Waals surface area contributed by atoms with Crippen LogP contribution in [0.5, 0.6) is 0 Å². The molecule has 1 aliphatic carbocycles. The summed E-state index contributed by atoms with van der Waals surface area (Å²) >= 11 is 0. The number of carbonyl (C=O) groups is 1. The number of nitrogens with one attached hydrogen (secondary N) is 1. The Morgan fingerprint density at radius 3 is 2.69 bits per heavy atom. The summed E-state index contributed by atoms with van der Waals surface area (Å²) in [4.78, 5) is 11.9. The Morgan fingerprint density at radius 2 is 2.25 bits per heavy atom. The molecule has 1 saturated carbocycles. The Kier molecular flexibility index (Phi) is 4.74. The highest BCUT2D eigenvalue weighted by molar-refractivity contribution is 5.82. The van der Waals surface area contributed by atoms with Crippen molar-refractivity contribution in [2.24, 2.45) is 17.1 Å². The lowest BCUT2D eigenvalue weighted by Gasteiger charge is -2.26. The van der Waals surface area contributed by atoms with E-state index in [0.717, 1.165) is 25.7 Å². The number of nitrogens with two attached hydrogens (primary N) is 1. The Hall–Kier alpha value is -0.610. The van der Waals surface area contributed by atoms with Gasteiger partial charge in [-0.2, -0.15) is 0 Å². The number of hydrogen-bond donors (Lipinski definition) is 3. The smallest absolute Gasteiger partial charge is 0.227 e. The summed E-state index contributed by atoms with van der Waals surface area (Å²) < 4.78 is 0. The van der Waals surface area contributed by atoms with Gasteiger partial charge in [-0.3, -0.25) is 4.79 Å². The molecule has 1 rings (SSSR count). The summed E-state index contributed by atoms with van der Waals surface area (Å²) in [6, 6.07) is 0. The van der Waals surface area contributed by atoms with Gasteiger partial charge in [0.1, 0.15) is 0 Å². The Morgan fingerprint density at radius 1 is 1.56 bits per heavy atom. The first kappa shape index (κ1) is 13.5. The van der Waals surface area contributed by atoms with E-state index in [4.69, 9.17) is 5.73 Å². The van der Waals surface area contributed by atoms with E-state index in [-0.39, 0.29) is 17.9 Å². The van der Waals surface area contributed by atoms with Crippen LogP contribution in [0.3, 0.4) is 0 Å². The minimum atomic E-state index is -0.469. The molecule has 3 atom stereocenters. The van der Waals surface area contributed by atoms with Gasteiger partial charge in [0.05, 0.1) is 11.5 Å². The third kappa shape index (κ3) is 2.95. The number of aliphatic hydroxyl groups excluding tert-OH is 1. The summed E-state index contributed by atoms with van der Waals surface area (Å²) in [5.41, 5.74) is 5.15. The third-order valence-electron chi connectivity index (χ3n) is 3.92. The topological polar surface area (TPSA) is 75.4 Å². The number of aliphatic hydroxyl groups is 1. The first-order chi connectivity index (χ1) is 7.53. The molecule has 0 saturated heterocycles. The summed E-state index contributed by atoms with van der Waals surface area (Å²) in [6.07, 6.45) is 3.42. The zero-order valence-corrected chi connectivity index (χ0v) is 10.3. The molecule has 0 heterocycles. The van der Waals surface area contributed by atoms with Crippen molar-refractivity contribution in [3.63, 3.8) is 0 Å². The maximum absolute atomic E-state index is 11.9. The number of carbonyl (C=O) groups excluding carboxylic acids is 1. The van der Waals surface area contributed by atoms with Gasteiger partial charge in [0.25, 0.3) is 0 Å². The highest BCUT2D eigenvalue weighted by atomic mass is 16.3. The fourth-order valence-electron chi connectivity index (χ4n) is 2.09. The van der Waals surface area contributed by atoms with Gasteiger partial charge in [0, 0.05) is 19.0 Å². The van der Waals surface area contributed by atoms with Crippen molar-refractivity contribution in [2.45, 2.75) is 45.6 Å². The third-order valence-corrected chi connectivity index (χ3v) is 3.92. The molecular weight excluding hydrogens is 204 g/mol. The van der Waals surface area contributed by atoms with E-state index in [2.05, 4.69) is 5.32 Å². The quantitative estimate of drug-likeness (QED) is 0.646. The number of hydrogen-bond acceptors (Lipinski definition) is 3. The molecule has 0 spiro atoms. The molecule has 4 nitrogen and oxygen atoms in total. The molecule has 1 amide bonds. The average Bonchev–Trinajstić information content (AvgIpc) is 2.70. The lowest BCUT2D eigenvalue weighted by Crippen LogP contribution is -2.45. The molecule has 1 aliphatic rings. The highest BCUT2D eigenvalue weighted by Gasteiger charge is 2.31. The number of amides is 1. The van der Waals surface area contributed by atoms with E-state index < -0.39 is 5.41 Å². The van der Waals surface area contributed by atoms with Crippen molar-refractivity contribution in [3.05, 3.63) is 0 Å². The van der Waals surface area contributed by atoms with Crippen molar-refractivity contribution in [3.8, 4) is 0 Å². The van der Waals surface area contributed by atoms with Crippen LogP contribution in [0.1, 0.15) is 39.5 Å². The van der Waals surface area contributed by atoms with Gasteiger partial charge in [-0.05, 0) is 26.2 Å². The van der Waals surface area contributed by atoms with Gasteiger partial charge in [-0.25, -0.2) is 0 Å².